The summed E-state index contributed by atoms with van der Waals surface area (Å²) in [5.41, 5.74) is 2.37. The number of hydrogen-bond donors (Lipinski definition) is 0. The molecule has 0 spiro atoms. The van der Waals surface area contributed by atoms with Crippen molar-refractivity contribution in [2.45, 2.75) is 0 Å². The fourth-order valence-electron chi connectivity index (χ4n) is 1.67. The van der Waals surface area contributed by atoms with Gasteiger partial charge in [0, 0.05) is 17.6 Å². The van der Waals surface area contributed by atoms with Crippen molar-refractivity contribution in [2.24, 2.45) is 4.99 Å². The van der Waals surface area contributed by atoms with Crippen LogP contribution in [-0.2, 0) is 0 Å². The van der Waals surface area contributed by atoms with E-state index in [0.717, 1.165) is 5.84 Å². The Morgan fingerprint density at radius 3 is 2.62 bits per heavy atom. The molecule has 0 aromatic carbocycles. The zero-order valence-corrected chi connectivity index (χ0v) is 7.01. The van der Waals surface area contributed by atoms with E-state index < -0.39 is 0 Å². The molecule has 0 bridgehead atoms. The van der Waals surface area contributed by atoms with E-state index in [2.05, 4.69) is 34.2 Å². The Morgan fingerprint density at radius 2 is 1.69 bits per heavy atom. The van der Waals surface area contributed by atoms with E-state index in [1.54, 1.807) is 0 Å². The fraction of sp³-hybridized carbons (Fsp3) is 0. The second-order valence-corrected chi connectivity index (χ2v) is 3.04. The predicted octanol–water partition coefficient (Wildman–Crippen LogP) is 2.12. The molecule has 3 aliphatic rings. The van der Waals surface area contributed by atoms with Crippen LogP contribution in [0.5, 0.6) is 0 Å². The van der Waals surface area contributed by atoms with Crippen molar-refractivity contribution < 1.29 is 0 Å². The standard InChI is InChI=1S/C11H8N2/c1-3-9-5-2-6-11-12-8-7-10(4-1)13(9)11/h1-8H. The minimum absolute atomic E-state index is 0.996. The summed E-state index contributed by atoms with van der Waals surface area (Å²) >= 11 is 0. The highest BCUT2D eigenvalue weighted by Gasteiger charge is 2.21. The summed E-state index contributed by atoms with van der Waals surface area (Å²) in [4.78, 5) is 6.43. The van der Waals surface area contributed by atoms with Crippen LogP contribution in [0.25, 0.3) is 0 Å². The van der Waals surface area contributed by atoms with Gasteiger partial charge in [-0.15, -0.1) is 0 Å². The smallest absolute Gasteiger partial charge is 0.137 e. The van der Waals surface area contributed by atoms with Crippen LogP contribution in [-0.4, -0.2) is 10.7 Å². The molecular weight excluding hydrogens is 160 g/mol. The molecule has 0 aliphatic carbocycles. The van der Waals surface area contributed by atoms with Crippen LogP contribution >= 0.6 is 0 Å². The van der Waals surface area contributed by atoms with Gasteiger partial charge in [-0.05, 0) is 30.4 Å². The molecule has 0 saturated carbocycles. The van der Waals surface area contributed by atoms with Crippen molar-refractivity contribution in [1.29, 1.82) is 0 Å². The van der Waals surface area contributed by atoms with Gasteiger partial charge < -0.3 is 0 Å². The first-order chi connectivity index (χ1) is 6.45. The summed E-state index contributed by atoms with van der Waals surface area (Å²) in [7, 11) is 0. The molecule has 0 unspecified atom stereocenters. The predicted molar refractivity (Wildman–Crippen MR) is 52.9 cm³/mol. The van der Waals surface area contributed by atoms with Gasteiger partial charge in [-0.3, -0.25) is 4.90 Å². The second-order valence-electron chi connectivity index (χ2n) is 3.04. The van der Waals surface area contributed by atoms with Crippen LogP contribution in [0.3, 0.4) is 0 Å². The van der Waals surface area contributed by atoms with Crippen molar-refractivity contribution in [1.82, 2.24) is 4.90 Å². The maximum absolute atomic E-state index is 4.29. The molecular formula is C11H8N2. The van der Waals surface area contributed by atoms with E-state index in [4.69, 9.17) is 0 Å². The molecule has 3 heterocycles. The van der Waals surface area contributed by atoms with Gasteiger partial charge in [-0.25, -0.2) is 4.99 Å². The van der Waals surface area contributed by atoms with E-state index in [1.807, 2.05) is 24.4 Å². The summed E-state index contributed by atoms with van der Waals surface area (Å²) in [5.74, 6) is 0.996. The molecule has 0 N–H and O–H groups in total. The molecule has 0 amide bonds. The van der Waals surface area contributed by atoms with Gasteiger partial charge in [0.2, 0.25) is 0 Å². The normalized spacial score (nSPS) is 22.2. The van der Waals surface area contributed by atoms with E-state index in [1.165, 1.54) is 11.4 Å². The maximum Gasteiger partial charge on any atom is 0.137 e. The van der Waals surface area contributed by atoms with Crippen molar-refractivity contribution in [3.8, 4) is 0 Å². The number of aliphatic imine (C=N–C) groups is 1. The van der Waals surface area contributed by atoms with Gasteiger partial charge in [0.25, 0.3) is 0 Å². The second kappa shape index (κ2) is 2.33. The molecule has 2 heteroatoms. The van der Waals surface area contributed by atoms with Crippen LogP contribution in [0.1, 0.15) is 0 Å². The minimum atomic E-state index is 0.996. The van der Waals surface area contributed by atoms with Gasteiger partial charge in [0.15, 0.2) is 0 Å². The lowest BCUT2D eigenvalue weighted by molar-refractivity contribution is 0.657. The third-order valence-electron chi connectivity index (χ3n) is 2.24. The summed E-state index contributed by atoms with van der Waals surface area (Å²) in [6.45, 7) is 0. The Balaban J connectivity index is 2.23. The third-order valence-corrected chi connectivity index (χ3v) is 2.24. The summed E-state index contributed by atoms with van der Waals surface area (Å²) in [5, 5.41) is 0. The Kier molecular flexibility index (Phi) is 1.19. The zero-order valence-electron chi connectivity index (χ0n) is 7.01. The Bertz CT molecular complexity index is 364. The van der Waals surface area contributed by atoms with Crippen molar-refractivity contribution in [3.63, 3.8) is 0 Å². The van der Waals surface area contributed by atoms with Crippen LogP contribution < -0.4 is 0 Å². The van der Waals surface area contributed by atoms with Gasteiger partial charge in [0.05, 0.1) is 0 Å². The molecule has 13 heavy (non-hydrogen) atoms. The zero-order chi connectivity index (χ0) is 8.67. The molecule has 2 nitrogen and oxygen atoms in total. The van der Waals surface area contributed by atoms with Crippen molar-refractivity contribution >= 4 is 5.84 Å². The van der Waals surface area contributed by atoms with E-state index in [-0.39, 0.29) is 0 Å². The van der Waals surface area contributed by atoms with Crippen LogP contribution in [0.15, 0.2) is 65.1 Å². The quantitative estimate of drug-likeness (QED) is 0.541. The monoisotopic (exact) mass is 168 g/mol. The summed E-state index contributed by atoms with van der Waals surface area (Å²) < 4.78 is 0. The van der Waals surface area contributed by atoms with Crippen molar-refractivity contribution in [2.75, 3.05) is 0 Å². The van der Waals surface area contributed by atoms with E-state index in [0.29, 0.717) is 0 Å². The fourth-order valence-corrected chi connectivity index (χ4v) is 1.67. The number of rotatable bonds is 0. The van der Waals surface area contributed by atoms with E-state index in [9.17, 15) is 0 Å². The van der Waals surface area contributed by atoms with E-state index >= 15 is 0 Å². The number of nitrogens with zero attached hydrogens (tertiary/aromatic N) is 2. The first kappa shape index (κ1) is 6.66. The lowest BCUT2D eigenvalue weighted by atomic mass is 10.1. The molecule has 0 atom stereocenters. The first-order valence-corrected chi connectivity index (χ1v) is 4.26. The van der Waals surface area contributed by atoms with Crippen LogP contribution in [0.4, 0.5) is 0 Å². The number of hydrogen-bond acceptors (Lipinski definition) is 2. The van der Waals surface area contributed by atoms with Gasteiger partial charge in [-0.2, -0.15) is 0 Å². The highest BCUT2D eigenvalue weighted by Crippen LogP contribution is 2.26. The van der Waals surface area contributed by atoms with Gasteiger partial charge in [-0.1, -0.05) is 12.2 Å². The molecule has 3 rings (SSSR count). The number of allylic oxidation sites excluding steroid dienone is 6. The molecule has 0 radical (unpaired) electrons. The topological polar surface area (TPSA) is 15.6 Å². The van der Waals surface area contributed by atoms with Gasteiger partial charge in [0.1, 0.15) is 5.84 Å². The average molecular weight is 168 g/mol. The molecule has 62 valence electrons. The third kappa shape index (κ3) is 0.855. The number of amidine groups is 1. The highest BCUT2D eigenvalue weighted by atomic mass is 15.2. The minimum Gasteiger partial charge on any atom is -0.295 e. The molecule has 0 fully saturated rings. The van der Waals surface area contributed by atoms with Gasteiger partial charge >= 0.3 is 0 Å². The highest BCUT2D eigenvalue weighted by molar-refractivity contribution is 5.99. The molecule has 3 aliphatic heterocycles. The molecule has 0 aromatic heterocycles. The molecule has 0 saturated heterocycles. The lowest BCUT2D eigenvalue weighted by Gasteiger charge is -2.31. The summed E-state index contributed by atoms with van der Waals surface area (Å²) in [6.07, 6.45) is 16.2. The largest absolute Gasteiger partial charge is 0.295 e. The Morgan fingerprint density at radius 1 is 0.923 bits per heavy atom. The van der Waals surface area contributed by atoms with Crippen LogP contribution in [0, 0.1) is 0 Å². The Labute approximate surface area is 76.6 Å². The lowest BCUT2D eigenvalue weighted by Crippen LogP contribution is -2.31. The van der Waals surface area contributed by atoms with Crippen molar-refractivity contribution in [3.05, 3.63) is 60.1 Å². The summed E-state index contributed by atoms with van der Waals surface area (Å²) in [6, 6.07) is 0. The average Bonchev–Trinajstić information content (AvgIpc) is 2.19. The first-order valence-electron chi connectivity index (χ1n) is 4.26. The Hall–Kier alpha value is -1.83. The van der Waals surface area contributed by atoms with Crippen LogP contribution in [0.2, 0.25) is 0 Å². The SMILES string of the molecule is C1=CC2=CC=CC3=NC=CC(=C1)N23. The molecule has 0 aromatic rings. The maximum atomic E-state index is 4.29.